The van der Waals surface area contributed by atoms with Gasteiger partial charge in [0.05, 0.1) is 5.54 Å². The molecule has 0 saturated carbocycles. The standard InChI is InChI=1S/C30H58Br4N2/c1-3-5-6-7-8-9-10-11-12-13-14-15-16-17-18-19-20-21-22-23-24-25-26-28-30(27-4-2,36(33)34)29-35(31)32/h4H,2-3,5-29H2,1H3. The highest BCUT2D eigenvalue weighted by atomic mass is 79.9. The van der Waals surface area contributed by atoms with Gasteiger partial charge in [-0.05, 0) is 12.8 Å². The second-order valence-corrected chi connectivity index (χ2v) is 16.0. The molecule has 36 heavy (non-hydrogen) atoms. The highest BCUT2D eigenvalue weighted by molar-refractivity contribution is 9.21. The van der Waals surface area contributed by atoms with Crippen LogP contribution in [0, 0.1) is 0 Å². The zero-order valence-corrected chi connectivity index (χ0v) is 29.9. The predicted molar refractivity (Wildman–Crippen MR) is 178 cm³/mol. The summed E-state index contributed by atoms with van der Waals surface area (Å²) in [5, 5.41) is 0. The Morgan fingerprint density at radius 2 is 0.833 bits per heavy atom. The molecule has 0 aliphatic heterocycles. The third-order valence-electron chi connectivity index (χ3n) is 7.54. The van der Waals surface area contributed by atoms with Gasteiger partial charge < -0.3 is 0 Å². The molecule has 0 aromatic carbocycles. The molecule has 216 valence electrons. The molecular weight excluding hydrogens is 708 g/mol. The van der Waals surface area contributed by atoms with Gasteiger partial charge in [-0.25, -0.2) is 0 Å². The summed E-state index contributed by atoms with van der Waals surface area (Å²) in [4.78, 5) is 0. The Morgan fingerprint density at radius 1 is 0.528 bits per heavy atom. The lowest BCUT2D eigenvalue weighted by atomic mass is 9.89. The van der Waals surface area contributed by atoms with Crippen molar-refractivity contribution in [1.82, 2.24) is 5.90 Å². The fraction of sp³-hybridized carbons (Fsp3) is 0.933. The molecule has 0 spiro atoms. The molecule has 0 heterocycles. The van der Waals surface area contributed by atoms with Crippen LogP contribution < -0.4 is 0 Å². The van der Waals surface area contributed by atoms with Crippen molar-refractivity contribution in [2.24, 2.45) is 0 Å². The molecule has 0 bridgehead atoms. The lowest BCUT2D eigenvalue weighted by Crippen LogP contribution is -2.44. The fourth-order valence-electron chi connectivity index (χ4n) is 5.18. The third-order valence-corrected chi connectivity index (χ3v) is 9.55. The van der Waals surface area contributed by atoms with Gasteiger partial charge in [0, 0.05) is 71.1 Å². The monoisotopic (exact) mass is 762 g/mol. The molecule has 0 aromatic rings. The van der Waals surface area contributed by atoms with E-state index in [0.29, 0.717) is 0 Å². The maximum absolute atomic E-state index is 3.96. The summed E-state index contributed by atoms with van der Waals surface area (Å²) in [6.45, 7) is 7.11. The van der Waals surface area contributed by atoms with Gasteiger partial charge in [-0.15, -0.1) is 6.58 Å². The summed E-state index contributed by atoms with van der Waals surface area (Å²) in [6, 6.07) is 0. The van der Waals surface area contributed by atoms with E-state index in [4.69, 9.17) is 0 Å². The van der Waals surface area contributed by atoms with Crippen LogP contribution in [0.5, 0.6) is 0 Å². The molecule has 1 unspecified atom stereocenters. The molecule has 0 N–H and O–H groups in total. The van der Waals surface area contributed by atoms with Gasteiger partial charge in [0.2, 0.25) is 0 Å². The van der Waals surface area contributed by atoms with E-state index in [1.165, 1.54) is 148 Å². The predicted octanol–water partition coefficient (Wildman–Crippen LogP) is 13.5. The molecule has 0 saturated heterocycles. The molecule has 0 aromatic heterocycles. The van der Waals surface area contributed by atoms with E-state index in [1.807, 2.05) is 12.0 Å². The van der Waals surface area contributed by atoms with Crippen LogP contribution >= 0.6 is 64.6 Å². The molecule has 0 aliphatic rings. The highest BCUT2D eigenvalue weighted by Gasteiger charge is 2.34. The molecular formula is C30H58Br4N2. The number of nitrogens with zero attached hydrogens (tertiary/aromatic N) is 2. The van der Waals surface area contributed by atoms with E-state index in [-0.39, 0.29) is 5.54 Å². The van der Waals surface area contributed by atoms with Gasteiger partial charge in [-0.2, -0.15) is 5.90 Å². The van der Waals surface area contributed by atoms with Crippen LogP contribution in [-0.4, -0.2) is 18.0 Å². The van der Waals surface area contributed by atoms with Crippen molar-refractivity contribution in [3.05, 3.63) is 12.7 Å². The van der Waals surface area contributed by atoms with E-state index in [9.17, 15) is 0 Å². The quantitative estimate of drug-likeness (QED) is 0.0425. The number of hydrogen-bond acceptors (Lipinski definition) is 2. The van der Waals surface area contributed by atoms with Crippen LogP contribution in [0.15, 0.2) is 12.7 Å². The SMILES string of the molecule is C=CCC(CCCCCCCCCCCCCCCCCCCCCCCCC)(CN(Br)Br)N(Br)Br. The molecule has 0 radical (unpaired) electrons. The molecule has 0 aliphatic carbocycles. The summed E-state index contributed by atoms with van der Waals surface area (Å²) in [5.41, 5.74) is -0.0119. The van der Waals surface area contributed by atoms with E-state index in [1.54, 1.807) is 0 Å². The molecule has 2 nitrogen and oxygen atoms in total. The summed E-state index contributed by atoms with van der Waals surface area (Å²) < 4.78 is 3.90. The zero-order valence-electron chi connectivity index (χ0n) is 23.6. The van der Waals surface area contributed by atoms with Gasteiger partial charge in [0.25, 0.3) is 0 Å². The largest absolute Gasteiger partial charge is 0.176 e. The van der Waals surface area contributed by atoms with Crippen LogP contribution in [0.4, 0.5) is 0 Å². The maximum atomic E-state index is 3.96. The Labute approximate surface area is 260 Å². The van der Waals surface area contributed by atoms with Crippen LogP contribution in [0.25, 0.3) is 0 Å². The van der Waals surface area contributed by atoms with Crippen LogP contribution in [0.1, 0.15) is 167 Å². The lowest BCUT2D eigenvalue weighted by molar-refractivity contribution is 0.269. The average molecular weight is 766 g/mol. The summed E-state index contributed by atoms with van der Waals surface area (Å²) in [7, 11) is 0. The van der Waals surface area contributed by atoms with Crippen molar-refractivity contribution in [3.63, 3.8) is 0 Å². The van der Waals surface area contributed by atoms with Crippen LogP contribution in [0.2, 0.25) is 0 Å². The van der Waals surface area contributed by atoms with Crippen molar-refractivity contribution < 1.29 is 0 Å². The number of rotatable bonds is 29. The Kier molecular flexibility index (Phi) is 29.4. The van der Waals surface area contributed by atoms with Crippen LogP contribution in [0.3, 0.4) is 0 Å². The highest BCUT2D eigenvalue weighted by Crippen LogP contribution is 2.35. The minimum absolute atomic E-state index is 0.0119. The second kappa shape index (κ2) is 28.1. The Balaban J connectivity index is 3.41. The first kappa shape index (κ1) is 37.6. The molecule has 0 fully saturated rings. The molecule has 1 atom stereocenters. The van der Waals surface area contributed by atoms with Gasteiger partial charge in [0.15, 0.2) is 0 Å². The van der Waals surface area contributed by atoms with Gasteiger partial charge in [0.1, 0.15) is 0 Å². The topological polar surface area (TPSA) is 6.48 Å². The molecule has 0 amide bonds. The average Bonchev–Trinajstić information content (AvgIpc) is 2.84. The van der Waals surface area contributed by atoms with Gasteiger partial charge in [-0.3, -0.25) is 0 Å². The minimum Gasteiger partial charge on any atom is -0.176 e. The first-order valence-corrected chi connectivity index (χ1v) is 18.1. The van der Waals surface area contributed by atoms with E-state index >= 15 is 0 Å². The van der Waals surface area contributed by atoms with Gasteiger partial charge >= 0.3 is 0 Å². The lowest BCUT2D eigenvalue weighted by Gasteiger charge is -2.37. The summed E-state index contributed by atoms with van der Waals surface area (Å²) in [6.07, 6.45) is 37.0. The van der Waals surface area contributed by atoms with Gasteiger partial charge in [-0.1, -0.05) is 161 Å². The fourth-order valence-corrected chi connectivity index (χ4v) is 6.99. The molecule has 0 rings (SSSR count). The first-order chi connectivity index (χ1) is 17.5. The third kappa shape index (κ3) is 23.5. The van der Waals surface area contributed by atoms with Crippen molar-refractivity contribution in [1.29, 1.82) is 0 Å². The normalized spacial score (nSPS) is 13.5. The van der Waals surface area contributed by atoms with Crippen molar-refractivity contribution in [3.8, 4) is 0 Å². The van der Waals surface area contributed by atoms with Crippen molar-refractivity contribution >= 4 is 64.6 Å². The van der Waals surface area contributed by atoms with Crippen molar-refractivity contribution in [2.75, 3.05) is 6.54 Å². The first-order valence-electron chi connectivity index (χ1n) is 15.3. The smallest absolute Gasteiger partial charge is 0.0611 e. The summed E-state index contributed by atoms with van der Waals surface area (Å²) in [5.74, 6) is 0. The second-order valence-electron chi connectivity index (χ2n) is 10.9. The minimum atomic E-state index is -0.0119. The number of hydrogen-bond donors (Lipinski definition) is 0. The number of halogens is 4. The molecule has 6 heteroatoms. The maximum Gasteiger partial charge on any atom is 0.0611 e. The number of unbranched alkanes of at least 4 members (excludes halogenated alkanes) is 22. The Bertz CT molecular complexity index is 462. The van der Waals surface area contributed by atoms with E-state index in [0.717, 1.165) is 19.4 Å². The Morgan fingerprint density at radius 3 is 1.08 bits per heavy atom. The van der Waals surface area contributed by atoms with Crippen LogP contribution in [-0.2, 0) is 0 Å². The van der Waals surface area contributed by atoms with E-state index in [2.05, 4.69) is 78.1 Å². The Hall–Kier alpha value is 1.58. The zero-order chi connectivity index (χ0) is 26.7. The van der Waals surface area contributed by atoms with Crippen molar-refractivity contribution in [2.45, 2.75) is 173 Å². The van der Waals surface area contributed by atoms with E-state index < -0.39 is 0 Å². The summed E-state index contributed by atoms with van der Waals surface area (Å²) >= 11 is 14.2.